The fraction of sp³-hybridized carbons (Fsp3) is 0.500. The average molecular weight is 620 g/mol. The first-order chi connectivity index (χ1) is 20.2. The van der Waals surface area contributed by atoms with Gasteiger partial charge >= 0.3 is 12.1 Å². The van der Waals surface area contributed by atoms with Gasteiger partial charge in [0, 0.05) is 43.3 Å². The maximum atomic E-state index is 12.9. The van der Waals surface area contributed by atoms with Gasteiger partial charge < -0.3 is 30.2 Å². The van der Waals surface area contributed by atoms with Crippen molar-refractivity contribution < 1.29 is 33.4 Å². The van der Waals surface area contributed by atoms with Crippen LogP contribution in [0.3, 0.4) is 0 Å². The molecule has 43 heavy (non-hydrogen) atoms. The molecule has 0 radical (unpaired) electrons. The Balaban J connectivity index is 2.71. The molecule has 1 heterocycles. The number of amides is 3. The number of methoxy groups -OCH3 is 1. The normalized spacial score (nSPS) is 18.6. The predicted molar refractivity (Wildman–Crippen MR) is 168 cm³/mol. The van der Waals surface area contributed by atoms with E-state index in [0.29, 0.717) is 24.3 Å². The molecule has 3 N–H and O–H groups in total. The monoisotopic (exact) mass is 619 g/mol. The second kappa shape index (κ2) is 18.7. The van der Waals surface area contributed by atoms with Crippen molar-refractivity contribution in [1.29, 1.82) is 0 Å². The number of esters is 1. The minimum absolute atomic E-state index is 0.0171. The molecule has 0 spiro atoms. The largest absolute Gasteiger partial charge is 0.490 e. The van der Waals surface area contributed by atoms with E-state index < -0.39 is 35.5 Å². The number of allylic oxidation sites excluding steroid dienone is 5. The van der Waals surface area contributed by atoms with Gasteiger partial charge in [-0.15, -0.1) is 0 Å². The summed E-state index contributed by atoms with van der Waals surface area (Å²) < 4.78 is 15.7. The highest BCUT2D eigenvalue weighted by Crippen LogP contribution is 2.23. The zero-order valence-electron chi connectivity index (χ0n) is 26.4. The van der Waals surface area contributed by atoms with Crippen LogP contribution in [0.4, 0.5) is 4.79 Å². The topological polar surface area (TPSA) is 132 Å². The summed E-state index contributed by atoms with van der Waals surface area (Å²) in [6.45, 7) is 11.2. The van der Waals surface area contributed by atoms with Crippen LogP contribution in [0, 0.1) is 11.3 Å². The summed E-state index contributed by atoms with van der Waals surface area (Å²) in [6.07, 6.45) is 15.2. The van der Waals surface area contributed by atoms with E-state index in [1.54, 1.807) is 37.3 Å². The van der Waals surface area contributed by atoms with Crippen molar-refractivity contribution >= 4 is 35.5 Å². The van der Waals surface area contributed by atoms with Gasteiger partial charge in [0.25, 0.3) is 0 Å². The number of carbonyl (C=O) groups is 4. The third kappa shape index (κ3) is 14.8. The van der Waals surface area contributed by atoms with Crippen molar-refractivity contribution in [2.45, 2.75) is 79.1 Å². The summed E-state index contributed by atoms with van der Waals surface area (Å²) in [5, 5.41) is 8.45. The molecule has 0 unspecified atom stereocenters. The minimum atomic E-state index is -0.814. The van der Waals surface area contributed by atoms with Crippen molar-refractivity contribution in [3.05, 3.63) is 71.2 Å². The second-order valence-corrected chi connectivity index (χ2v) is 11.8. The molecular formula is C32H46ClN3O7. The van der Waals surface area contributed by atoms with Gasteiger partial charge in [0.1, 0.15) is 18.2 Å². The Bertz CT molecular complexity index is 1160. The fourth-order valence-corrected chi connectivity index (χ4v) is 4.06. The molecule has 0 aliphatic carbocycles. The third-order valence-corrected chi connectivity index (χ3v) is 6.50. The maximum Gasteiger partial charge on any atom is 0.407 e. The second-order valence-electron chi connectivity index (χ2n) is 11.2. The molecule has 0 aromatic rings. The Labute approximate surface area is 260 Å². The van der Waals surface area contributed by atoms with Gasteiger partial charge in [-0.25, -0.2) is 9.59 Å². The van der Waals surface area contributed by atoms with Gasteiger partial charge in [-0.3, -0.25) is 9.59 Å². The molecule has 0 saturated carbocycles. The molecule has 0 aromatic heterocycles. The first kappa shape index (κ1) is 37.2. The molecule has 10 nitrogen and oxygen atoms in total. The van der Waals surface area contributed by atoms with E-state index in [1.807, 2.05) is 46.8 Å². The van der Waals surface area contributed by atoms with Gasteiger partial charge in [-0.2, -0.15) is 0 Å². The Hall–Kier alpha value is -3.79. The summed E-state index contributed by atoms with van der Waals surface area (Å²) in [4.78, 5) is 49.1. The van der Waals surface area contributed by atoms with Crippen LogP contribution < -0.4 is 16.0 Å². The van der Waals surface area contributed by atoms with Crippen LogP contribution in [0.15, 0.2) is 71.2 Å². The van der Waals surface area contributed by atoms with Gasteiger partial charge in [0.15, 0.2) is 5.76 Å². The number of hydrogen-bond donors (Lipinski definition) is 3. The van der Waals surface area contributed by atoms with Gasteiger partial charge in [-0.1, -0.05) is 81.3 Å². The van der Waals surface area contributed by atoms with Gasteiger partial charge in [-0.05, 0) is 31.5 Å². The molecule has 1 aliphatic heterocycles. The highest BCUT2D eigenvalue weighted by atomic mass is 35.5. The fourth-order valence-electron chi connectivity index (χ4n) is 3.97. The summed E-state index contributed by atoms with van der Waals surface area (Å²) in [5.41, 5.74) is 0.368. The number of hydrogen-bond acceptors (Lipinski definition) is 7. The molecule has 0 saturated heterocycles. The summed E-state index contributed by atoms with van der Waals surface area (Å²) >= 11 is 5.89. The Kier molecular flexibility index (Phi) is 16.2. The lowest BCUT2D eigenvalue weighted by atomic mass is 9.86. The molecular weight excluding hydrogens is 574 g/mol. The van der Waals surface area contributed by atoms with E-state index in [1.165, 1.54) is 26.4 Å². The first-order valence-corrected chi connectivity index (χ1v) is 14.5. The van der Waals surface area contributed by atoms with Crippen LogP contribution in [-0.2, 0) is 28.6 Å². The van der Waals surface area contributed by atoms with Crippen LogP contribution in [0.2, 0.25) is 0 Å². The Morgan fingerprint density at radius 2 is 1.84 bits per heavy atom. The van der Waals surface area contributed by atoms with Crippen molar-refractivity contribution in [2.75, 3.05) is 14.2 Å². The van der Waals surface area contributed by atoms with Crippen LogP contribution in [-0.4, -0.2) is 56.3 Å². The molecule has 0 fully saturated rings. The van der Waals surface area contributed by atoms with Crippen molar-refractivity contribution in [3.63, 3.8) is 0 Å². The highest BCUT2D eigenvalue weighted by Gasteiger charge is 2.32. The number of cyclic esters (lactones) is 1. The first-order valence-electron chi connectivity index (χ1n) is 14.1. The summed E-state index contributed by atoms with van der Waals surface area (Å²) in [7, 11) is 2.91. The lowest BCUT2D eigenvalue weighted by molar-refractivity contribution is -0.151. The van der Waals surface area contributed by atoms with E-state index >= 15 is 0 Å². The highest BCUT2D eigenvalue weighted by molar-refractivity contribution is 6.29. The number of halogens is 1. The third-order valence-electron chi connectivity index (χ3n) is 6.34. The molecule has 1 rings (SSSR count). The number of carbonyl (C=O) groups excluding carboxylic acids is 4. The van der Waals surface area contributed by atoms with E-state index in [2.05, 4.69) is 16.0 Å². The Morgan fingerprint density at radius 1 is 1.16 bits per heavy atom. The number of nitrogens with one attached hydrogen (secondary N) is 3. The van der Waals surface area contributed by atoms with Crippen LogP contribution in [0.25, 0.3) is 0 Å². The molecule has 0 aromatic carbocycles. The predicted octanol–water partition coefficient (Wildman–Crippen LogP) is 5.34. The zero-order chi connectivity index (χ0) is 32.6. The van der Waals surface area contributed by atoms with E-state index in [9.17, 15) is 19.2 Å². The standard InChI is InChI=1S/C32H46ClN3O7/c1-21(20-22(2)25-17-18-26(41-8)30(39)43-25)12-9-10-14-27(37)36-28(32(4,5)6)29(38)35-19-11-13-24(16-15-23(3)33)42-31(40)34-7/h9-12,14-15,18-20,22,24-25,28H,13,16-17H2,1-8H3,(H,34,40)(H,35,38)(H,36,37)/b12-9+,14-10+,19-11-,21-20+,23-15+/t22-,24+,25-,28+/m0/s1. The number of rotatable bonds is 14. The summed E-state index contributed by atoms with van der Waals surface area (Å²) in [5.74, 6) is -1.07. The van der Waals surface area contributed by atoms with Gasteiger partial charge in [0.05, 0.1) is 7.11 Å². The maximum absolute atomic E-state index is 12.9. The van der Waals surface area contributed by atoms with Crippen molar-refractivity contribution in [1.82, 2.24) is 16.0 Å². The average Bonchev–Trinajstić information content (AvgIpc) is 2.93. The molecule has 4 atom stereocenters. The smallest absolute Gasteiger partial charge is 0.407 e. The SMILES string of the molecule is CNC(=O)O[C@H](C/C=C\NC(=O)[C@@H](NC(=O)/C=C/C=C/C(C)=C/[C@H](C)[C@@H]1CC=C(OC)C(=O)O1)C(C)(C)C)C/C=C(\C)Cl. The molecule has 11 heteroatoms. The molecule has 1 aliphatic rings. The zero-order valence-corrected chi connectivity index (χ0v) is 27.1. The van der Waals surface area contributed by atoms with Crippen LogP contribution >= 0.6 is 11.6 Å². The van der Waals surface area contributed by atoms with Crippen molar-refractivity contribution in [2.24, 2.45) is 11.3 Å². The number of alkyl carbamates (subject to hydrolysis) is 1. The van der Waals surface area contributed by atoms with Crippen molar-refractivity contribution in [3.8, 4) is 0 Å². The quantitative estimate of drug-likeness (QED) is 0.136. The minimum Gasteiger partial charge on any atom is -0.490 e. The molecule has 0 bridgehead atoms. The van der Waals surface area contributed by atoms with Crippen LogP contribution in [0.1, 0.15) is 60.8 Å². The van der Waals surface area contributed by atoms with Gasteiger partial charge in [0.2, 0.25) is 11.8 Å². The lowest BCUT2D eigenvalue weighted by Crippen LogP contribution is -2.52. The molecule has 3 amide bonds. The van der Waals surface area contributed by atoms with E-state index in [4.69, 9.17) is 25.8 Å². The number of ether oxygens (including phenoxy) is 3. The Morgan fingerprint density at radius 3 is 2.42 bits per heavy atom. The lowest BCUT2D eigenvalue weighted by Gasteiger charge is -2.29. The molecule has 238 valence electrons. The summed E-state index contributed by atoms with van der Waals surface area (Å²) in [6, 6.07) is -0.814. The van der Waals surface area contributed by atoms with E-state index in [-0.39, 0.29) is 23.7 Å². The van der Waals surface area contributed by atoms with E-state index in [0.717, 1.165) is 5.57 Å². The van der Waals surface area contributed by atoms with Crippen LogP contribution in [0.5, 0.6) is 0 Å².